The van der Waals surface area contributed by atoms with Crippen LogP contribution in [-0.4, -0.2) is 63.1 Å². The van der Waals surface area contributed by atoms with Crippen LogP contribution in [0.1, 0.15) is 22.8 Å². The van der Waals surface area contributed by atoms with E-state index in [-0.39, 0.29) is 18.2 Å². The van der Waals surface area contributed by atoms with Gasteiger partial charge in [0.25, 0.3) is 0 Å². The number of rotatable bonds is 9. The molecule has 0 aromatic heterocycles. The number of carbonyl (C=O) groups excluding carboxylic acids is 1. The SMILES string of the molecule is COc1ccc(C=C(C)C(=O)c2cc(OC)c(OC)c(OC)c2)cc1N.Cl.N[C@@H](CO)C(=O)O. The largest absolute Gasteiger partial charge is 0.495 e. The summed E-state index contributed by atoms with van der Waals surface area (Å²) in [4.78, 5) is 22.5. The van der Waals surface area contributed by atoms with E-state index in [0.717, 1.165) is 5.56 Å². The number of Topliss-reactive ketones (excluding diaryl/α,β-unsaturated/α-hetero) is 1. The van der Waals surface area contributed by atoms with Gasteiger partial charge >= 0.3 is 5.97 Å². The highest BCUT2D eigenvalue weighted by molar-refractivity contribution is 6.11. The molecule has 188 valence electrons. The third kappa shape index (κ3) is 8.14. The van der Waals surface area contributed by atoms with Gasteiger partial charge in [-0.3, -0.25) is 9.59 Å². The van der Waals surface area contributed by atoms with Crippen molar-refractivity contribution in [1.82, 2.24) is 0 Å². The van der Waals surface area contributed by atoms with Crippen LogP contribution in [0.5, 0.6) is 23.0 Å². The van der Waals surface area contributed by atoms with Gasteiger partial charge in [0.1, 0.15) is 11.8 Å². The van der Waals surface area contributed by atoms with E-state index in [4.69, 9.17) is 40.6 Å². The first kappa shape index (κ1) is 30.5. The van der Waals surface area contributed by atoms with E-state index in [1.165, 1.54) is 21.3 Å². The molecule has 11 heteroatoms. The average Bonchev–Trinajstić information content (AvgIpc) is 2.82. The number of nitrogens with two attached hydrogens (primary N) is 2. The van der Waals surface area contributed by atoms with Crippen molar-refractivity contribution in [2.45, 2.75) is 13.0 Å². The number of hydrogen-bond acceptors (Lipinski definition) is 9. The lowest BCUT2D eigenvalue weighted by Crippen LogP contribution is -2.33. The average molecular weight is 499 g/mol. The van der Waals surface area contributed by atoms with Crippen molar-refractivity contribution in [3.05, 3.63) is 47.0 Å². The molecule has 34 heavy (non-hydrogen) atoms. The van der Waals surface area contributed by atoms with Crippen LogP contribution in [0.3, 0.4) is 0 Å². The molecule has 0 heterocycles. The number of aliphatic carboxylic acids is 1. The van der Waals surface area contributed by atoms with Crippen LogP contribution in [0.15, 0.2) is 35.9 Å². The number of ether oxygens (including phenoxy) is 4. The van der Waals surface area contributed by atoms with E-state index in [9.17, 15) is 9.59 Å². The monoisotopic (exact) mass is 498 g/mol. The van der Waals surface area contributed by atoms with E-state index in [1.807, 2.05) is 6.07 Å². The Morgan fingerprint density at radius 1 is 0.971 bits per heavy atom. The Morgan fingerprint density at radius 3 is 1.85 bits per heavy atom. The fourth-order valence-electron chi connectivity index (χ4n) is 2.68. The number of carbonyl (C=O) groups is 2. The Hall–Kier alpha value is -3.47. The van der Waals surface area contributed by atoms with Crippen molar-refractivity contribution < 1.29 is 38.7 Å². The summed E-state index contributed by atoms with van der Waals surface area (Å²) in [6.07, 6.45) is 1.77. The Bertz CT molecular complexity index is 985. The van der Waals surface area contributed by atoms with Crippen LogP contribution in [-0.2, 0) is 4.79 Å². The van der Waals surface area contributed by atoms with Gasteiger partial charge in [-0.1, -0.05) is 6.07 Å². The second kappa shape index (κ2) is 14.6. The number of allylic oxidation sites excluding steroid dienone is 1. The van der Waals surface area contributed by atoms with Crippen molar-refractivity contribution in [3.8, 4) is 23.0 Å². The number of nitrogen functional groups attached to an aromatic ring is 1. The van der Waals surface area contributed by atoms with E-state index < -0.39 is 18.6 Å². The third-order valence-electron chi connectivity index (χ3n) is 4.44. The van der Waals surface area contributed by atoms with Crippen LogP contribution in [0.4, 0.5) is 5.69 Å². The van der Waals surface area contributed by atoms with Gasteiger partial charge in [-0.05, 0) is 48.4 Å². The maximum Gasteiger partial charge on any atom is 0.322 e. The molecule has 10 nitrogen and oxygen atoms in total. The minimum Gasteiger partial charge on any atom is -0.495 e. The van der Waals surface area contributed by atoms with E-state index in [0.29, 0.717) is 39.8 Å². The molecule has 0 aliphatic rings. The minimum absolute atomic E-state index is 0. The number of ketones is 1. The van der Waals surface area contributed by atoms with Gasteiger partial charge in [0.2, 0.25) is 5.75 Å². The van der Waals surface area contributed by atoms with Crippen molar-refractivity contribution in [3.63, 3.8) is 0 Å². The van der Waals surface area contributed by atoms with Crippen LogP contribution in [0, 0.1) is 0 Å². The van der Waals surface area contributed by atoms with E-state index in [2.05, 4.69) is 0 Å². The molecule has 2 rings (SSSR count). The topological polar surface area (TPSA) is 164 Å². The van der Waals surface area contributed by atoms with Crippen LogP contribution in [0.2, 0.25) is 0 Å². The smallest absolute Gasteiger partial charge is 0.322 e. The zero-order chi connectivity index (χ0) is 25.1. The summed E-state index contributed by atoms with van der Waals surface area (Å²) in [5, 5.41) is 15.9. The van der Waals surface area contributed by atoms with Gasteiger partial charge in [0.15, 0.2) is 17.3 Å². The fourth-order valence-corrected chi connectivity index (χ4v) is 2.68. The molecule has 0 radical (unpaired) electrons. The summed E-state index contributed by atoms with van der Waals surface area (Å²) >= 11 is 0. The second-order valence-corrected chi connectivity index (χ2v) is 6.70. The van der Waals surface area contributed by atoms with Gasteiger partial charge in [-0.25, -0.2) is 0 Å². The molecule has 6 N–H and O–H groups in total. The molecular weight excluding hydrogens is 468 g/mol. The molecule has 1 atom stereocenters. The Balaban J connectivity index is 0.00000119. The molecular formula is C23H31ClN2O8. The molecule has 0 fully saturated rings. The Kier molecular flexibility index (Phi) is 13.1. The van der Waals surface area contributed by atoms with Gasteiger partial charge < -0.3 is 40.6 Å². The highest BCUT2D eigenvalue weighted by Gasteiger charge is 2.18. The summed E-state index contributed by atoms with van der Waals surface area (Å²) in [5.74, 6) is 0.557. The highest BCUT2D eigenvalue weighted by atomic mass is 35.5. The maximum atomic E-state index is 12.8. The number of hydrogen-bond donors (Lipinski definition) is 4. The maximum absolute atomic E-state index is 12.8. The predicted molar refractivity (Wildman–Crippen MR) is 131 cm³/mol. The van der Waals surface area contributed by atoms with Crippen LogP contribution in [0.25, 0.3) is 6.08 Å². The fraction of sp³-hybridized carbons (Fsp3) is 0.304. The van der Waals surface area contributed by atoms with E-state index in [1.54, 1.807) is 44.4 Å². The molecule has 0 saturated heterocycles. The first-order chi connectivity index (χ1) is 15.6. The van der Waals surface area contributed by atoms with Crippen molar-refractivity contribution in [2.24, 2.45) is 5.73 Å². The molecule has 0 spiro atoms. The number of anilines is 1. The molecule has 0 unspecified atom stereocenters. The van der Waals surface area contributed by atoms with Crippen molar-refractivity contribution in [2.75, 3.05) is 40.8 Å². The first-order valence-electron chi connectivity index (χ1n) is 9.69. The predicted octanol–water partition coefficient (Wildman–Crippen LogP) is 2.40. The zero-order valence-electron chi connectivity index (χ0n) is 19.7. The summed E-state index contributed by atoms with van der Waals surface area (Å²) in [5.41, 5.74) is 13.0. The van der Waals surface area contributed by atoms with E-state index >= 15 is 0 Å². The summed E-state index contributed by atoms with van der Waals surface area (Å²) in [6, 6.07) is 7.48. The number of benzene rings is 2. The zero-order valence-corrected chi connectivity index (χ0v) is 20.5. The molecule has 0 saturated carbocycles. The number of aliphatic hydroxyl groups excluding tert-OH is 1. The molecule has 0 aliphatic heterocycles. The van der Waals surface area contributed by atoms with Gasteiger partial charge in [0, 0.05) is 5.56 Å². The second-order valence-electron chi connectivity index (χ2n) is 6.70. The highest BCUT2D eigenvalue weighted by Crippen LogP contribution is 2.38. The lowest BCUT2D eigenvalue weighted by molar-refractivity contribution is -0.139. The molecule has 0 amide bonds. The van der Waals surface area contributed by atoms with Crippen molar-refractivity contribution in [1.29, 1.82) is 0 Å². The normalized spacial score (nSPS) is 11.2. The lowest BCUT2D eigenvalue weighted by atomic mass is 10.0. The summed E-state index contributed by atoms with van der Waals surface area (Å²) in [7, 11) is 6.09. The number of aliphatic hydroxyl groups is 1. The minimum atomic E-state index is -1.18. The Morgan fingerprint density at radius 2 is 1.50 bits per heavy atom. The molecule has 2 aromatic carbocycles. The number of methoxy groups -OCH3 is 4. The van der Waals surface area contributed by atoms with Crippen LogP contribution < -0.4 is 30.4 Å². The first-order valence-corrected chi connectivity index (χ1v) is 9.69. The van der Waals surface area contributed by atoms with Gasteiger partial charge in [-0.15, -0.1) is 12.4 Å². The lowest BCUT2D eigenvalue weighted by Gasteiger charge is -2.14. The quantitative estimate of drug-likeness (QED) is 0.229. The molecule has 0 aliphatic carbocycles. The molecule has 2 aromatic rings. The standard InChI is InChI=1S/C20H23NO5.C3H7NO3.ClH/c1-12(8-13-6-7-16(23-2)15(21)9-13)19(22)14-10-17(24-3)20(26-5)18(11-14)25-4;4-2(1-5)3(6)7;/h6-11H,21H2,1-5H3;2,5H,1,4H2,(H,6,7);1H/t;2-;/m.0./s1. The number of carboxylic acids is 1. The third-order valence-corrected chi connectivity index (χ3v) is 4.44. The number of halogens is 1. The van der Waals surface area contributed by atoms with Gasteiger partial charge in [-0.2, -0.15) is 0 Å². The summed E-state index contributed by atoms with van der Waals surface area (Å²) < 4.78 is 21.0. The van der Waals surface area contributed by atoms with Gasteiger partial charge in [0.05, 0.1) is 40.7 Å². The Labute approximate surface area is 204 Å². The van der Waals surface area contributed by atoms with Crippen molar-refractivity contribution >= 4 is 35.9 Å². The number of carboxylic acid groups (broad SMARTS) is 1. The summed E-state index contributed by atoms with van der Waals surface area (Å²) in [6.45, 7) is 1.24. The van der Waals surface area contributed by atoms with Crippen LogP contribution >= 0.6 is 12.4 Å². The molecule has 0 bridgehead atoms.